The topological polar surface area (TPSA) is 86.8 Å². The number of nitrogens with one attached hydrogen (secondary N) is 1. The summed E-state index contributed by atoms with van der Waals surface area (Å²) in [6.45, 7) is 2.24. The van der Waals surface area contributed by atoms with Crippen LogP contribution in [0.25, 0.3) is 0 Å². The molecule has 0 unspecified atom stereocenters. The van der Waals surface area contributed by atoms with Crippen LogP contribution in [0.4, 0.5) is 5.69 Å². The van der Waals surface area contributed by atoms with Gasteiger partial charge in [0.1, 0.15) is 0 Å². The molecular weight excluding hydrogens is 473 g/mol. The van der Waals surface area contributed by atoms with Crippen LogP contribution in [0.3, 0.4) is 0 Å². The van der Waals surface area contributed by atoms with Gasteiger partial charge < -0.3 is 9.80 Å². The molecular formula is C22H23Cl2N3O4S. The second-order valence-corrected chi connectivity index (χ2v) is 10.6. The van der Waals surface area contributed by atoms with E-state index in [2.05, 4.69) is 4.72 Å². The Kier molecular flexibility index (Phi) is 6.65. The summed E-state index contributed by atoms with van der Waals surface area (Å²) < 4.78 is 27.6. The molecule has 10 heteroatoms. The summed E-state index contributed by atoms with van der Waals surface area (Å²) in [7, 11) is -3.85. The average Bonchev–Trinajstić information content (AvgIpc) is 3.59. The van der Waals surface area contributed by atoms with Crippen LogP contribution in [0, 0.1) is 5.92 Å². The van der Waals surface area contributed by atoms with Gasteiger partial charge in [-0.15, -0.1) is 0 Å². The third-order valence-corrected chi connectivity index (χ3v) is 7.38. The van der Waals surface area contributed by atoms with Gasteiger partial charge in [0.05, 0.1) is 11.3 Å². The minimum absolute atomic E-state index is 0.00887. The number of sulfonamides is 1. The molecule has 1 aliphatic heterocycles. The predicted octanol–water partition coefficient (Wildman–Crippen LogP) is 3.42. The lowest BCUT2D eigenvalue weighted by molar-refractivity contribution is -0.140. The Morgan fingerprint density at radius 3 is 2.03 bits per heavy atom. The van der Waals surface area contributed by atoms with Gasteiger partial charge in [-0.1, -0.05) is 35.3 Å². The van der Waals surface area contributed by atoms with Gasteiger partial charge >= 0.3 is 0 Å². The second kappa shape index (κ2) is 9.29. The third-order valence-electron chi connectivity index (χ3n) is 5.58. The summed E-state index contributed by atoms with van der Waals surface area (Å²) in [4.78, 5) is 28.4. The molecule has 0 aromatic heterocycles. The zero-order valence-electron chi connectivity index (χ0n) is 17.3. The van der Waals surface area contributed by atoms with E-state index in [-0.39, 0.29) is 39.1 Å². The fourth-order valence-corrected chi connectivity index (χ4v) is 5.42. The molecule has 0 bridgehead atoms. The number of carbonyl (C=O) groups is 2. The zero-order chi connectivity index (χ0) is 22.9. The Balaban J connectivity index is 1.32. The smallest absolute Gasteiger partial charge is 0.261 e. The third kappa shape index (κ3) is 5.54. The first-order valence-electron chi connectivity index (χ1n) is 10.4. The second-order valence-electron chi connectivity index (χ2n) is 8.06. The number of hydrogen-bond donors (Lipinski definition) is 1. The zero-order valence-corrected chi connectivity index (χ0v) is 19.6. The van der Waals surface area contributed by atoms with Crippen molar-refractivity contribution in [3.8, 4) is 0 Å². The van der Waals surface area contributed by atoms with Gasteiger partial charge in [-0.25, -0.2) is 8.42 Å². The minimum Gasteiger partial charge on any atom is -0.339 e. The average molecular weight is 496 g/mol. The summed E-state index contributed by atoms with van der Waals surface area (Å²) in [5, 5.41) is 0.453. The Morgan fingerprint density at radius 1 is 0.906 bits per heavy atom. The summed E-state index contributed by atoms with van der Waals surface area (Å²) >= 11 is 11.8. The van der Waals surface area contributed by atoms with E-state index in [9.17, 15) is 18.0 Å². The maximum atomic E-state index is 12.6. The highest BCUT2D eigenvalue weighted by Gasteiger charge is 2.35. The van der Waals surface area contributed by atoms with Crippen molar-refractivity contribution in [2.75, 3.05) is 30.9 Å². The van der Waals surface area contributed by atoms with E-state index < -0.39 is 10.0 Å². The van der Waals surface area contributed by atoms with Crippen LogP contribution >= 0.6 is 23.2 Å². The quantitative estimate of drug-likeness (QED) is 0.664. The van der Waals surface area contributed by atoms with Crippen molar-refractivity contribution in [1.29, 1.82) is 0 Å². The Morgan fingerprint density at radius 2 is 1.47 bits per heavy atom. The molecule has 0 atom stereocenters. The Hall–Kier alpha value is -2.29. The molecule has 2 amide bonds. The number of hydrogen-bond acceptors (Lipinski definition) is 4. The summed E-state index contributed by atoms with van der Waals surface area (Å²) in [6, 6.07) is 10.7. The molecule has 1 heterocycles. The Bertz CT molecular complexity index is 1110. The summed E-state index contributed by atoms with van der Waals surface area (Å²) in [5.74, 6) is 0.407. The molecule has 2 aliphatic rings. The molecule has 2 aromatic rings. The van der Waals surface area contributed by atoms with E-state index in [0.717, 1.165) is 18.4 Å². The van der Waals surface area contributed by atoms with Crippen LogP contribution in [0.5, 0.6) is 0 Å². The van der Waals surface area contributed by atoms with Gasteiger partial charge in [-0.05, 0) is 48.7 Å². The van der Waals surface area contributed by atoms with Crippen molar-refractivity contribution in [2.45, 2.75) is 24.2 Å². The molecule has 7 nitrogen and oxygen atoms in total. The van der Waals surface area contributed by atoms with Gasteiger partial charge in [0.15, 0.2) is 0 Å². The van der Waals surface area contributed by atoms with Crippen LogP contribution in [-0.2, 0) is 26.0 Å². The standard InChI is InChI=1S/C22H23Cl2N3O4S/c23-17-12-18(24)14-20(13-17)32(30,31)25-19-5-1-15(2-6-19)11-21(28)26-7-9-27(10-8-26)22(29)16-3-4-16/h1-2,5-6,12-14,16,25H,3-4,7-11H2. The molecule has 2 aromatic carbocycles. The number of anilines is 1. The van der Waals surface area contributed by atoms with E-state index >= 15 is 0 Å². The SMILES string of the molecule is O=C(Cc1ccc(NS(=O)(=O)c2cc(Cl)cc(Cl)c2)cc1)N1CCN(C(=O)C2CC2)CC1. The number of rotatable bonds is 6. The maximum absolute atomic E-state index is 12.6. The van der Waals surface area contributed by atoms with Gasteiger partial charge in [-0.3, -0.25) is 14.3 Å². The molecule has 4 rings (SSSR count). The van der Waals surface area contributed by atoms with E-state index in [1.807, 2.05) is 4.90 Å². The molecule has 1 N–H and O–H groups in total. The fourth-order valence-electron chi connectivity index (χ4n) is 3.64. The molecule has 1 aliphatic carbocycles. The number of piperazine rings is 1. The number of amides is 2. The summed E-state index contributed by atoms with van der Waals surface area (Å²) in [6.07, 6.45) is 2.18. The summed E-state index contributed by atoms with van der Waals surface area (Å²) in [5.41, 5.74) is 1.14. The first-order valence-corrected chi connectivity index (χ1v) is 12.6. The van der Waals surface area contributed by atoms with Crippen molar-refractivity contribution in [1.82, 2.24) is 9.80 Å². The van der Waals surface area contributed by atoms with Crippen LogP contribution < -0.4 is 4.72 Å². The highest BCUT2D eigenvalue weighted by atomic mass is 35.5. The lowest BCUT2D eigenvalue weighted by Crippen LogP contribution is -2.51. The van der Waals surface area contributed by atoms with Gasteiger partial charge in [-0.2, -0.15) is 0 Å². The Labute approximate surface area is 197 Å². The highest BCUT2D eigenvalue weighted by molar-refractivity contribution is 7.92. The number of carbonyl (C=O) groups excluding carboxylic acids is 2. The first kappa shape index (κ1) is 22.9. The van der Waals surface area contributed by atoms with Crippen molar-refractivity contribution < 1.29 is 18.0 Å². The van der Waals surface area contributed by atoms with E-state index in [1.54, 1.807) is 29.2 Å². The van der Waals surface area contributed by atoms with Gasteiger partial charge in [0.2, 0.25) is 11.8 Å². The van der Waals surface area contributed by atoms with Crippen molar-refractivity contribution in [3.63, 3.8) is 0 Å². The molecule has 1 saturated carbocycles. The molecule has 32 heavy (non-hydrogen) atoms. The van der Waals surface area contributed by atoms with E-state index in [4.69, 9.17) is 23.2 Å². The van der Waals surface area contributed by atoms with Crippen molar-refractivity contribution >= 4 is 50.7 Å². The van der Waals surface area contributed by atoms with E-state index in [1.165, 1.54) is 18.2 Å². The predicted molar refractivity (Wildman–Crippen MR) is 123 cm³/mol. The number of halogens is 2. The lowest BCUT2D eigenvalue weighted by atomic mass is 10.1. The highest BCUT2D eigenvalue weighted by Crippen LogP contribution is 2.31. The number of benzene rings is 2. The van der Waals surface area contributed by atoms with Gasteiger partial charge in [0, 0.05) is 47.8 Å². The van der Waals surface area contributed by atoms with Gasteiger partial charge in [0.25, 0.3) is 10.0 Å². The molecule has 2 fully saturated rings. The first-order chi connectivity index (χ1) is 15.2. The van der Waals surface area contributed by atoms with Crippen molar-refractivity contribution in [3.05, 3.63) is 58.1 Å². The molecule has 170 valence electrons. The van der Waals surface area contributed by atoms with Crippen LogP contribution in [0.2, 0.25) is 10.0 Å². The van der Waals surface area contributed by atoms with Crippen LogP contribution in [0.1, 0.15) is 18.4 Å². The largest absolute Gasteiger partial charge is 0.339 e. The van der Waals surface area contributed by atoms with Crippen LogP contribution in [-0.4, -0.2) is 56.2 Å². The van der Waals surface area contributed by atoms with Crippen molar-refractivity contribution in [2.24, 2.45) is 5.92 Å². The minimum atomic E-state index is -3.85. The molecule has 0 spiro atoms. The molecule has 0 radical (unpaired) electrons. The normalized spacial score (nSPS) is 16.7. The monoisotopic (exact) mass is 495 g/mol. The van der Waals surface area contributed by atoms with Crippen LogP contribution in [0.15, 0.2) is 47.4 Å². The van der Waals surface area contributed by atoms with E-state index in [0.29, 0.717) is 31.9 Å². The number of nitrogens with zero attached hydrogens (tertiary/aromatic N) is 2. The lowest BCUT2D eigenvalue weighted by Gasteiger charge is -2.35. The maximum Gasteiger partial charge on any atom is 0.261 e. The fraction of sp³-hybridized carbons (Fsp3) is 0.364. The molecule has 1 saturated heterocycles.